The molecule has 0 aliphatic heterocycles. The molecule has 1 amide bonds. The Morgan fingerprint density at radius 3 is 2.89 bits per heavy atom. The largest absolute Gasteiger partial charge is 0.395 e. The first-order valence-corrected chi connectivity index (χ1v) is 6.66. The highest BCUT2D eigenvalue weighted by Gasteiger charge is 2.12. The van der Waals surface area contributed by atoms with Gasteiger partial charge in [0.2, 0.25) is 5.91 Å². The second-order valence-corrected chi connectivity index (χ2v) is 4.70. The van der Waals surface area contributed by atoms with Crippen molar-refractivity contribution in [3.63, 3.8) is 0 Å². The van der Waals surface area contributed by atoms with Gasteiger partial charge in [0.1, 0.15) is 0 Å². The van der Waals surface area contributed by atoms with Crippen LogP contribution in [-0.4, -0.2) is 17.6 Å². The third-order valence-electron chi connectivity index (χ3n) is 2.76. The maximum absolute atomic E-state index is 11.9. The van der Waals surface area contributed by atoms with E-state index in [9.17, 15) is 4.79 Å². The predicted molar refractivity (Wildman–Crippen MR) is 78.1 cm³/mol. The summed E-state index contributed by atoms with van der Waals surface area (Å²) in [6.45, 7) is 3.86. The standard InChI is InChI=1S/C15H18ClNO2/c1-3-11(2)15(19)17-14-8-7-13(16)10-12(14)6-4-5-9-18/h7-8,10-11,18H,3,5,9H2,1-2H3,(H,17,19). The first-order valence-electron chi connectivity index (χ1n) is 6.28. The summed E-state index contributed by atoms with van der Waals surface area (Å²) in [5.74, 6) is 5.65. The molecule has 19 heavy (non-hydrogen) atoms. The summed E-state index contributed by atoms with van der Waals surface area (Å²) in [6, 6.07) is 5.16. The molecular weight excluding hydrogens is 262 g/mol. The summed E-state index contributed by atoms with van der Waals surface area (Å²) in [4.78, 5) is 11.9. The van der Waals surface area contributed by atoms with Crippen molar-refractivity contribution < 1.29 is 9.90 Å². The number of hydrogen-bond donors (Lipinski definition) is 2. The van der Waals surface area contributed by atoms with Gasteiger partial charge in [-0.25, -0.2) is 0 Å². The molecule has 1 rings (SSSR count). The lowest BCUT2D eigenvalue weighted by atomic mass is 10.1. The summed E-state index contributed by atoms with van der Waals surface area (Å²) < 4.78 is 0. The smallest absolute Gasteiger partial charge is 0.227 e. The number of halogens is 1. The van der Waals surface area contributed by atoms with Gasteiger partial charge in [0.25, 0.3) is 0 Å². The number of nitrogens with one attached hydrogen (secondary N) is 1. The van der Waals surface area contributed by atoms with Crippen LogP contribution in [0.5, 0.6) is 0 Å². The highest BCUT2D eigenvalue weighted by molar-refractivity contribution is 6.30. The molecule has 0 aliphatic carbocycles. The third-order valence-corrected chi connectivity index (χ3v) is 2.99. The molecule has 0 saturated carbocycles. The van der Waals surface area contributed by atoms with Crippen molar-refractivity contribution in [2.24, 2.45) is 5.92 Å². The van der Waals surface area contributed by atoms with E-state index in [1.54, 1.807) is 18.2 Å². The molecule has 2 N–H and O–H groups in total. The summed E-state index contributed by atoms with van der Waals surface area (Å²) >= 11 is 5.93. The van der Waals surface area contributed by atoms with E-state index < -0.39 is 0 Å². The maximum atomic E-state index is 11.9. The van der Waals surface area contributed by atoms with Gasteiger partial charge in [-0.15, -0.1) is 0 Å². The number of hydrogen-bond acceptors (Lipinski definition) is 2. The van der Waals surface area contributed by atoms with Crippen LogP contribution < -0.4 is 5.32 Å². The lowest BCUT2D eigenvalue weighted by molar-refractivity contribution is -0.119. The zero-order valence-corrected chi connectivity index (χ0v) is 11.9. The van der Waals surface area contributed by atoms with Gasteiger partial charge in [-0.2, -0.15) is 0 Å². The number of rotatable bonds is 4. The van der Waals surface area contributed by atoms with Crippen LogP contribution in [-0.2, 0) is 4.79 Å². The zero-order valence-electron chi connectivity index (χ0n) is 11.2. The fourth-order valence-corrected chi connectivity index (χ4v) is 1.56. The topological polar surface area (TPSA) is 49.3 Å². The Bertz CT molecular complexity index is 503. The molecule has 0 bridgehead atoms. The van der Waals surface area contributed by atoms with Crippen LogP contribution in [0, 0.1) is 17.8 Å². The molecule has 0 spiro atoms. The molecule has 0 aromatic heterocycles. The first kappa shape index (κ1) is 15.6. The summed E-state index contributed by atoms with van der Waals surface area (Å²) in [5, 5.41) is 12.1. The number of aliphatic hydroxyl groups is 1. The quantitative estimate of drug-likeness (QED) is 0.832. The number of carbonyl (C=O) groups is 1. The fraction of sp³-hybridized carbons (Fsp3) is 0.400. The predicted octanol–water partition coefficient (Wildman–Crippen LogP) is 3.06. The number of anilines is 1. The van der Waals surface area contributed by atoms with Crippen molar-refractivity contribution in [3.05, 3.63) is 28.8 Å². The van der Waals surface area contributed by atoms with Crippen molar-refractivity contribution in [1.82, 2.24) is 0 Å². The van der Waals surface area contributed by atoms with Crippen molar-refractivity contribution in [3.8, 4) is 11.8 Å². The first-order chi connectivity index (χ1) is 9.08. The molecule has 4 heteroatoms. The van der Waals surface area contributed by atoms with Gasteiger partial charge in [0.15, 0.2) is 0 Å². The molecule has 1 aromatic rings. The molecule has 3 nitrogen and oxygen atoms in total. The van der Waals surface area contributed by atoms with E-state index in [0.717, 1.165) is 6.42 Å². The van der Waals surface area contributed by atoms with Crippen LogP contribution >= 0.6 is 11.6 Å². The summed E-state index contributed by atoms with van der Waals surface area (Å²) in [7, 11) is 0. The minimum absolute atomic E-state index is 0.0160. The van der Waals surface area contributed by atoms with E-state index in [1.165, 1.54) is 0 Å². The van der Waals surface area contributed by atoms with Gasteiger partial charge in [0.05, 0.1) is 12.3 Å². The van der Waals surface area contributed by atoms with Gasteiger partial charge >= 0.3 is 0 Å². The van der Waals surface area contributed by atoms with Gasteiger partial charge in [-0.3, -0.25) is 4.79 Å². The van der Waals surface area contributed by atoms with Crippen LogP contribution in [0.3, 0.4) is 0 Å². The molecule has 0 aliphatic rings. The highest BCUT2D eigenvalue weighted by Crippen LogP contribution is 2.21. The monoisotopic (exact) mass is 279 g/mol. The van der Waals surface area contributed by atoms with E-state index in [1.807, 2.05) is 13.8 Å². The van der Waals surface area contributed by atoms with E-state index in [4.69, 9.17) is 16.7 Å². The van der Waals surface area contributed by atoms with Gasteiger partial charge in [0, 0.05) is 22.9 Å². The lowest BCUT2D eigenvalue weighted by Crippen LogP contribution is -2.20. The average molecular weight is 280 g/mol. The van der Waals surface area contributed by atoms with Crippen LogP contribution in [0.4, 0.5) is 5.69 Å². The molecule has 0 radical (unpaired) electrons. The van der Waals surface area contributed by atoms with Gasteiger partial charge in [-0.1, -0.05) is 37.3 Å². The normalized spacial score (nSPS) is 11.4. The molecule has 0 saturated heterocycles. The fourth-order valence-electron chi connectivity index (χ4n) is 1.38. The van der Waals surface area contributed by atoms with Crippen molar-refractivity contribution in [2.75, 3.05) is 11.9 Å². The zero-order chi connectivity index (χ0) is 14.3. The van der Waals surface area contributed by atoms with E-state index in [0.29, 0.717) is 22.7 Å². The van der Waals surface area contributed by atoms with Gasteiger partial charge in [-0.05, 0) is 24.6 Å². The molecular formula is C15H18ClNO2. The molecule has 102 valence electrons. The van der Waals surface area contributed by atoms with Crippen LogP contribution in [0.15, 0.2) is 18.2 Å². The second-order valence-electron chi connectivity index (χ2n) is 4.26. The number of amides is 1. The summed E-state index contributed by atoms with van der Waals surface area (Å²) in [6.07, 6.45) is 1.18. The molecule has 0 heterocycles. The SMILES string of the molecule is CCC(C)C(=O)Nc1ccc(Cl)cc1C#CCCO. The minimum Gasteiger partial charge on any atom is -0.395 e. The Balaban J connectivity index is 2.94. The van der Waals surface area contributed by atoms with Crippen molar-refractivity contribution >= 4 is 23.2 Å². The van der Waals surface area contributed by atoms with Crippen LogP contribution in [0.25, 0.3) is 0 Å². The highest BCUT2D eigenvalue weighted by atomic mass is 35.5. The Kier molecular flexibility index (Phi) is 6.41. The minimum atomic E-state index is -0.0473. The van der Waals surface area contributed by atoms with Crippen LogP contribution in [0.2, 0.25) is 5.02 Å². The maximum Gasteiger partial charge on any atom is 0.227 e. The molecule has 1 aromatic carbocycles. The average Bonchev–Trinajstić information content (AvgIpc) is 2.40. The molecule has 0 fully saturated rings. The van der Waals surface area contributed by atoms with E-state index in [-0.39, 0.29) is 18.4 Å². The summed E-state index contributed by atoms with van der Waals surface area (Å²) in [5.41, 5.74) is 1.32. The third kappa shape index (κ3) is 4.94. The molecule has 1 unspecified atom stereocenters. The second kappa shape index (κ2) is 7.83. The lowest BCUT2D eigenvalue weighted by Gasteiger charge is -2.11. The van der Waals surface area contributed by atoms with Crippen molar-refractivity contribution in [1.29, 1.82) is 0 Å². The van der Waals surface area contributed by atoms with Gasteiger partial charge < -0.3 is 10.4 Å². The number of carbonyl (C=O) groups excluding carboxylic acids is 1. The van der Waals surface area contributed by atoms with E-state index in [2.05, 4.69) is 17.2 Å². The van der Waals surface area contributed by atoms with E-state index >= 15 is 0 Å². The Labute approximate surface area is 119 Å². The van der Waals surface area contributed by atoms with Crippen molar-refractivity contribution in [2.45, 2.75) is 26.7 Å². The number of benzene rings is 1. The Morgan fingerprint density at radius 1 is 1.53 bits per heavy atom. The van der Waals surface area contributed by atoms with Crippen LogP contribution in [0.1, 0.15) is 32.3 Å². The Morgan fingerprint density at radius 2 is 2.26 bits per heavy atom. The Hall–Kier alpha value is -1.50. The number of aliphatic hydroxyl groups excluding tert-OH is 1. The molecule has 1 atom stereocenters.